The molecule has 210 valence electrons. The Balaban J connectivity index is 1.75. The molecular formula is C23H23F6NO6S2. The van der Waals surface area contributed by atoms with Crippen LogP contribution in [0.25, 0.3) is 0 Å². The number of carbonyl (C=O) groups excluding carboxylic acids is 1. The third kappa shape index (κ3) is 6.30. The predicted octanol–water partition coefficient (Wildman–Crippen LogP) is 5.25. The molecule has 0 aliphatic heterocycles. The lowest BCUT2D eigenvalue weighted by molar-refractivity contribution is -0.274. The van der Waals surface area contributed by atoms with Gasteiger partial charge in [0, 0.05) is 18.9 Å². The second kappa shape index (κ2) is 9.81. The Bertz CT molecular complexity index is 1440. The Morgan fingerprint density at radius 1 is 1.03 bits per heavy atom. The number of Topliss-reactive ketones (excluding diaryl/α,β-unsaturated/α-hetero) is 1. The fourth-order valence-corrected chi connectivity index (χ4v) is 6.91. The number of halogens is 6. The summed E-state index contributed by atoms with van der Waals surface area (Å²) in [7, 11) is -8.38. The zero-order chi connectivity index (χ0) is 28.9. The highest BCUT2D eigenvalue weighted by Gasteiger charge is 2.49. The van der Waals surface area contributed by atoms with Gasteiger partial charge in [-0.05, 0) is 62.8 Å². The van der Waals surface area contributed by atoms with E-state index in [-0.39, 0.29) is 24.2 Å². The highest BCUT2D eigenvalue weighted by molar-refractivity contribution is 7.92. The van der Waals surface area contributed by atoms with Gasteiger partial charge in [0.2, 0.25) is 0 Å². The van der Waals surface area contributed by atoms with Crippen LogP contribution in [-0.4, -0.2) is 45.0 Å². The van der Waals surface area contributed by atoms with E-state index in [0.717, 1.165) is 24.3 Å². The standard InChI is InChI=1S/C23H23F6NO6S2/c1-21(2,38(34,35)17-6-4-5-16(11-17)36-23(27,28)29)14-7-13(8-14)9-18(31)20-19(37(3,32)33)10-15(12-30-20)22(24,25)26/h4-6,10-14H,7-9H2,1-3H3. The molecule has 38 heavy (non-hydrogen) atoms. The highest BCUT2D eigenvalue weighted by Crippen LogP contribution is 2.48. The Labute approximate surface area is 215 Å². The van der Waals surface area contributed by atoms with Gasteiger partial charge in [0.15, 0.2) is 25.5 Å². The van der Waals surface area contributed by atoms with Gasteiger partial charge >= 0.3 is 12.5 Å². The third-order valence-corrected chi connectivity index (χ3v) is 10.3. The molecule has 0 saturated heterocycles. The molecule has 2 aromatic rings. The summed E-state index contributed by atoms with van der Waals surface area (Å²) < 4.78 is 130. The molecule has 1 fully saturated rings. The maximum Gasteiger partial charge on any atom is 0.573 e. The van der Waals surface area contributed by atoms with Gasteiger partial charge in [-0.2, -0.15) is 13.2 Å². The van der Waals surface area contributed by atoms with Crippen LogP contribution in [0.1, 0.15) is 49.2 Å². The first-order valence-electron chi connectivity index (χ1n) is 11.0. The van der Waals surface area contributed by atoms with Gasteiger partial charge in [-0.1, -0.05) is 6.07 Å². The molecule has 1 heterocycles. The smallest absolute Gasteiger partial charge is 0.406 e. The summed E-state index contributed by atoms with van der Waals surface area (Å²) in [6, 6.07) is 4.34. The fourth-order valence-electron chi connectivity index (χ4n) is 4.28. The minimum Gasteiger partial charge on any atom is -0.406 e. The fraction of sp³-hybridized carbons (Fsp3) is 0.478. The average molecular weight is 588 g/mol. The van der Waals surface area contributed by atoms with Gasteiger partial charge in [-0.3, -0.25) is 9.78 Å². The van der Waals surface area contributed by atoms with Crippen LogP contribution >= 0.6 is 0 Å². The van der Waals surface area contributed by atoms with Crippen LogP contribution < -0.4 is 4.74 Å². The average Bonchev–Trinajstić information content (AvgIpc) is 2.72. The molecule has 0 N–H and O–H groups in total. The number of hydrogen-bond acceptors (Lipinski definition) is 7. The molecule has 7 nitrogen and oxygen atoms in total. The number of hydrogen-bond donors (Lipinski definition) is 0. The molecule has 0 atom stereocenters. The summed E-state index contributed by atoms with van der Waals surface area (Å²) in [5.41, 5.74) is -1.95. The van der Waals surface area contributed by atoms with E-state index in [1.807, 2.05) is 0 Å². The number of ketones is 1. The molecule has 1 aliphatic carbocycles. The van der Waals surface area contributed by atoms with E-state index < -0.39 is 76.5 Å². The number of aromatic nitrogens is 1. The van der Waals surface area contributed by atoms with E-state index >= 15 is 0 Å². The summed E-state index contributed by atoms with van der Waals surface area (Å²) in [5.74, 6) is -2.41. The van der Waals surface area contributed by atoms with Crippen molar-refractivity contribution in [2.45, 2.75) is 60.2 Å². The Hall–Kier alpha value is -2.68. The van der Waals surface area contributed by atoms with Crippen molar-refractivity contribution in [3.05, 3.63) is 47.8 Å². The van der Waals surface area contributed by atoms with Crippen LogP contribution in [0.15, 0.2) is 46.3 Å². The van der Waals surface area contributed by atoms with E-state index in [0.29, 0.717) is 18.5 Å². The molecule has 1 aromatic heterocycles. The summed E-state index contributed by atoms with van der Waals surface area (Å²) in [5, 5.41) is 0. The van der Waals surface area contributed by atoms with Gasteiger partial charge in [0.1, 0.15) is 11.4 Å². The first-order chi connectivity index (χ1) is 17.1. The van der Waals surface area contributed by atoms with E-state index in [1.54, 1.807) is 0 Å². The number of benzene rings is 1. The number of carbonyl (C=O) groups is 1. The number of rotatable bonds is 8. The topological polar surface area (TPSA) is 107 Å². The number of pyridine rings is 1. The zero-order valence-corrected chi connectivity index (χ0v) is 21.9. The van der Waals surface area contributed by atoms with Crippen molar-refractivity contribution >= 4 is 25.5 Å². The quantitative estimate of drug-likeness (QED) is 0.307. The number of ether oxygens (including phenoxy) is 1. The molecule has 15 heteroatoms. The number of sulfone groups is 2. The zero-order valence-electron chi connectivity index (χ0n) is 20.2. The minimum atomic E-state index is -5.01. The minimum absolute atomic E-state index is 0.200. The molecule has 3 rings (SSSR count). The lowest BCUT2D eigenvalue weighted by Crippen LogP contribution is -2.46. The van der Waals surface area contributed by atoms with Crippen molar-refractivity contribution < 1.29 is 52.7 Å². The van der Waals surface area contributed by atoms with Crippen molar-refractivity contribution in [2.75, 3.05) is 6.26 Å². The van der Waals surface area contributed by atoms with E-state index in [9.17, 15) is 48.0 Å². The molecule has 0 amide bonds. The largest absolute Gasteiger partial charge is 0.573 e. The van der Waals surface area contributed by atoms with Crippen molar-refractivity contribution in [2.24, 2.45) is 11.8 Å². The molecule has 0 unspecified atom stereocenters. The number of nitrogens with zero attached hydrogens (tertiary/aromatic N) is 1. The third-order valence-electron chi connectivity index (χ3n) is 6.58. The van der Waals surface area contributed by atoms with Crippen molar-refractivity contribution in [3.8, 4) is 5.75 Å². The molecular weight excluding hydrogens is 564 g/mol. The summed E-state index contributed by atoms with van der Waals surface area (Å²) in [4.78, 5) is 15.0. The highest BCUT2D eigenvalue weighted by atomic mass is 32.2. The van der Waals surface area contributed by atoms with Crippen LogP contribution in [0.3, 0.4) is 0 Å². The van der Waals surface area contributed by atoms with E-state index in [2.05, 4.69) is 9.72 Å². The van der Waals surface area contributed by atoms with Crippen LogP contribution in [-0.2, 0) is 25.9 Å². The Kier molecular flexibility index (Phi) is 7.71. The van der Waals surface area contributed by atoms with Gasteiger partial charge in [-0.25, -0.2) is 16.8 Å². The normalized spacial score (nSPS) is 19.1. The van der Waals surface area contributed by atoms with Crippen molar-refractivity contribution in [1.29, 1.82) is 0 Å². The van der Waals surface area contributed by atoms with Gasteiger partial charge in [0.25, 0.3) is 0 Å². The van der Waals surface area contributed by atoms with Crippen LogP contribution in [0.2, 0.25) is 0 Å². The second-order valence-electron chi connectivity index (χ2n) is 9.63. The predicted molar refractivity (Wildman–Crippen MR) is 122 cm³/mol. The van der Waals surface area contributed by atoms with Crippen molar-refractivity contribution in [1.82, 2.24) is 4.98 Å². The van der Waals surface area contributed by atoms with Crippen LogP contribution in [0, 0.1) is 11.8 Å². The Morgan fingerprint density at radius 2 is 1.63 bits per heavy atom. The lowest BCUT2D eigenvalue weighted by atomic mass is 9.67. The van der Waals surface area contributed by atoms with Gasteiger partial charge in [-0.15, -0.1) is 13.2 Å². The first kappa shape index (κ1) is 29.9. The molecule has 1 saturated carbocycles. The lowest BCUT2D eigenvalue weighted by Gasteiger charge is -2.44. The second-order valence-corrected chi connectivity index (χ2v) is 14.1. The molecule has 1 aliphatic rings. The molecule has 0 radical (unpaired) electrons. The summed E-state index contributed by atoms with van der Waals surface area (Å²) in [6.07, 6.45) is -8.73. The summed E-state index contributed by atoms with van der Waals surface area (Å²) in [6.45, 7) is 2.81. The van der Waals surface area contributed by atoms with Crippen molar-refractivity contribution in [3.63, 3.8) is 0 Å². The number of alkyl halides is 6. The van der Waals surface area contributed by atoms with E-state index in [1.165, 1.54) is 13.8 Å². The molecule has 1 aromatic carbocycles. The summed E-state index contributed by atoms with van der Waals surface area (Å²) >= 11 is 0. The monoisotopic (exact) mass is 587 g/mol. The Morgan fingerprint density at radius 3 is 2.16 bits per heavy atom. The maximum atomic E-state index is 13.3. The molecule has 0 bridgehead atoms. The SMILES string of the molecule is CC(C)(C1CC(CC(=O)c2ncc(C(F)(F)F)cc2S(C)(=O)=O)C1)S(=O)(=O)c1cccc(OC(F)(F)F)c1. The van der Waals surface area contributed by atoms with Gasteiger partial charge < -0.3 is 4.74 Å². The van der Waals surface area contributed by atoms with E-state index in [4.69, 9.17) is 0 Å². The maximum absolute atomic E-state index is 13.3. The van der Waals surface area contributed by atoms with Crippen LogP contribution in [0.4, 0.5) is 26.3 Å². The molecule has 0 spiro atoms. The van der Waals surface area contributed by atoms with Crippen LogP contribution in [0.5, 0.6) is 5.75 Å². The first-order valence-corrected chi connectivity index (χ1v) is 14.4. The van der Waals surface area contributed by atoms with Gasteiger partial charge in [0.05, 0.1) is 20.1 Å².